The summed E-state index contributed by atoms with van der Waals surface area (Å²) in [7, 11) is 1.80. The molecule has 1 aromatic carbocycles. The molecule has 4 nitrogen and oxygen atoms in total. The maximum absolute atomic E-state index is 13.4. The standard InChI is InChI=1S/C22H31FN2O2/c1-27-15-18-14-25(20-6-3-7-20)16-22(18)8-10-24(11-9-22)21(26)13-17-4-2-5-19(23)12-17/h2,4-5,12,18,20H,3,6-11,13-16H2,1H3/t18-/m1/s1. The second kappa shape index (κ2) is 7.88. The van der Waals surface area contributed by atoms with Gasteiger partial charge in [-0.05, 0) is 48.8 Å². The van der Waals surface area contributed by atoms with Crippen molar-refractivity contribution in [3.8, 4) is 0 Å². The molecule has 0 aromatic heterocycles. The van der Waals surface area contributed by atoms with E-state index in [0.29, 0.717) is 17.8 Å². The number of rotatable bonds is 5. The minimum atomic E-state index is -0.276. The molecular weight excluding hydrogens is 343 g/mol. The highest BCUT2D eigenvalue weighted by molar-refractivity contribution is 5.78. The first kappa shape index (κ1) is 18.9. The maximum Gasteiger partial charge on any atom is 0.226 e. The molecule has 2 aliphatic heterocycles. The van der Waals surface area contributed by atoms with Crippen molar-refractivity contribution < 1.29 is 13.9 Å². The highest BCUT2D eigenvalue weighted by atomic mass is 19.1. The van der Waals surface area contributed by atoms with Gasteiger partial charge in [-0.2, -0.15) is 0 Å². The predicted molar refractivity (Wildman–Crippen MR) is 103 cm³/mol. The average molecular weight is 375 g/mol. The van der Waals surface area contributed by atoms with E-state index in [0.717, 1.165) is 57.2 Å². The third-order valence-electron chi connectivity index (χ3n) is 7.15. The zero-order chi connectivity index (χ0) is 18.9. The lowest BCUT2D eigenvalue weighted by molar-refractivity contribution is -0.133. The fourth-order valence-electron chi connectivity index (χ4n) is 5.24. The Morgan fingerprint density at radius 3 is 2.70 bits per heavy atom. The van der Waals surface area contributed by atoms with Crippen LogP contribution in [0.25, 0.3) is 0 Å². The molecule has 148 valence electrons. The number of hydrogen-bond acceptors (Lipinski definition) is 3. The predicted octanol–water partition coefficient (Wildman–Crippen LogP) is 3.11. The summed E-state index contributed by atoms with van der Waals surface area (Å²) in [5.74, 6) is 0.415. The number of carbonyl (C=O) groups excluding carboxylic acids is 1. The molecule has 1 atom stereocenters. The van der Waals surface area contributed by atoms with Crippen LogP contribution in [0.1, 0.15) is 37.7 Å². The van der Waals surface area contributed by atoms with Gasteiger partial charge in [0.15, 0.2) is 0 Å². The molecule has 2 saturated heterocycles. The Bertz CT molecular complexity index is 668. The van der Waals surface area contributed by atoms with Crippen LogP contribution in [-0.2, 0) is 16.0 Å². The Hall–Kier alpha value is -1.46. The van der Waals surface area contributed by atoms with Gasteiger partial charge in [-0.15, -0.1) is 0 Å². The van der Waals surface area contributed by atoms with Crippen molar-refractivity contribution in [1.29, 1.82) is 0 Å². The van der Waals surface area contributed by atoms with Crippen LogP contribution in [0.5, 0.6) is 0 Å². The van der Waals surface area contributed by atoms with Crippen LogP contribution in [0.2, 0.25) is 0 Å². The van der Waals surface area contributed by atoms with Crippen molar-refractivity contribution in [1.82, 2.24) is 9.80 Å². The number of nitrogens with zero attached hydrogens (tertiary/aromatic N) is 2. The second-order valence-electron chi connectivity index (χ2n) is 8.72. The number of likely N-dealkylation sites (tertiary alicyclic amines) is 2. The molecule has 1 saturated carbocycles. The molecule has 0 N–H and O–H groups in total. The van der Waals surface area contributed by atoms with Gasteiger partial charge in [0, 0.05) is 45.2 Å². The molecule has 1 amide bonds. The lowest BCUT2D eigenvalue weighted by atomic mass is 9.71. The minimum absolute atomic E-state index is 0.118. The summed E-state index contributed by atoms with van der Waals surface area (Å²) in [6, 6.07) is 7.16. The van der Waals surface area contributed by atoms with E-state index in [1.54, 1.807) is 13.2 Å². The number of piperidine rings is 1. The number of halogens is 1. The summed E-state index contributed by atoms with van der Waals surface area (Å²) >= 11 is 0. The van der Waals surface area contributed by atoms with E-state index in [2.05, 4.69) is 4.90 Å². The molecule has 1 aromatic rings. The molecule has 5 heteroatoms. The number of carbonyl (C=O) groups is 1. The Labute approximate surface area is 161 Å². The number of methoxy groups -OCH3 is 1. The number of benzene rings is 1. The van der Waals surface area contributed by atoms with E-state index in [1.165, 1.54) is 31.4 Å². The van der Waals surface area contributed by atoms with Crippen LogP contribution in [-0.4, -0.2) is 61.6 Å². The summed E-state index contributed by atoms with van der Waals surface area (Å²) in [5, 5.41) is 0. The van der Waals surface area contributed by atoms with Crippen LogP contribution in [0, 0.1) is 17.2 Å². The van der Waals surface area contributed by atoms with Gasteiger partial charge in [-0.1, -0.05) is 18.6 Å². The van der Waals surface area contributed by atoms with Crippen molar-refractivity contribution in [3.63, 3.8) is 0 Å². The summed E-state index contributed by atoms with van der Waals surface area (Å²) in [6.45, 7) is 4.76. The first-order valence-corrected chi connectivity index (χ1v) is 10.3. The SMILES string of the molecule is COC[C@H]1CN(C2CCC2)CC12CCN(C(=O)Cc1cccc(F)c1)CC2. The summed E-state index contributed by atoms with van der Waals surface area (Å²) in [5.41, 5.74) is 1.05. The molecular formula is C22H31FN2O2. The Balaban J connectivity index is 1.37. The van der Waals surface area contributed by atoms with Crippen molar-refractivity contribution in [2.24, 2.45) is 11.3 Å². The van der Waals surface area contributed by atoms with Gasteiger partial charge in [0.1, 0.15) is 5.82 Å². The number of ether oxygens (including phenoxy) is 1. The Morgan fingerprint density at radius 2 is 2.07 bits per heavy atom. The zero-order valence-corrected chi connectivity index (χ0v) is 16.3. The smallest absolute Gasteiger partial charge is 0.226 e. The highest BCUT2D eigenvalue weighted by Gasteiger charge is 2.50. The minimum Gasteiger partial charge on any atom is -0.384 e. The van der Waals surface area contributed by atoms with Gasteiger partial charge in [0.2, 0.25) is 5.91 Å². The van der Waals surface area contributed by atoms with Gasteiger partial charge >= 0.3 is 0 Å². The molecule has 2 heterocycles. The van der Waals surface area contributed by atoms with E-state index < -0.39 is 0 Å². The largest absolute Gasteiger partial charge is 0.384 e. The van der Waals surface area contributed by atoms with E-state index in [1.807, 2.05) is 11.0 Å². The van der Waals surface area contributed by atoms with Crippen LogP contribution in [0.3, 0.4) is 0 Å². The van der Waals surface area contributed by atoms with Crippen LogP contribution in [0.15, 0.2) is 24.3 Å². The lowest BCUT2D eigenvalue weighted by Crippen LogP contribution is -2.48. The summed E-state index contributed by atoms with van der Waals surface area (Å²) in [6.07, 6.45) is 6.45. The second-order valence-corrected chi connectivity index (χ2v) is 8.72. The van der Waals surface area contributed by atoms with Crippen LogP contribution >= 0.6 is 0 Å². The van der Waals surface area contributed by atoms with E-state index in [9.17, 15) is 9.18 Å². The Kier molecular flexibility index (Phi) is 5.51. The monoisotopic (exact) mass is 374 g/mol. The molecule has 0 unspecified atom stereocenters. The number of amides is 1. The third-order valence-corrected chi connectivity index (χ3v) is 7.15. The number of hydrogen-bond donors (Lipinski definition) is 0. The fraction of sp³-hybridized carbons (Fsp3) is 0.682. The summed E-state index contributed by atoms with van der Waals surface area (Å²) in [4.78, 5) is 17.4. The normalized spacial score (nSPS) is 25.7. The van der Waals surface area contributed by atoms with Gasteiger partial charge < -0.3 is 9.64 Å². The maximum atomic E-state index is 13.4. The molecule has 3 fully saturated rings. The molecule has 0 radical (unpaired) electrons. The first-order chi connectivity index (χ1) is 13.1. The van der Waals surface area contributed by atoms with Crippen LogP contribution < -0.4 is 0 Å². The topological polar surface area (TPSA) is 32.8 Å². The average Bonchev–Trinajstić information content (AvgIpc) is 2.92. The molecule has 1 aliphatic carbocycles. The molecule has 1 spiro atoms. The molecule has 4 rings (SSSR count). The summed E-state index contributed by atoms with van der Waals surface area (Å²) < 4.78 is 18.9. The lowest BCUT2D eigenvalue weighted by Gasteiger charge is -2.43. The van der Waals surface area contributed by atoms with Gasteiger partial charge in [-0.3, -0.25) is 9.69 Å². The van der Waals surface area contributed by atoms with E-state index in [-0.39, 0.29) is 11.7 Å². The van der Waals surface area contributed by atoms with E-state index >= 15 is 0 Å². The highest BCUT2D eigenvalue weighted by Crippen LogP contribution is 2.47. The van der Waals surface area contributed by atoms with Crippen molar-refractivity contribution in [2.75, 3.05) is 39.9 Å². The van der Waals surface area contributed by atoms with E-state index in [4.69, 9.17) is 4.74 Å². The Morgan fingerprint density at radius 1 is 1.30 bits per heavy atom. The van der Waals surface area contributed by atoms with Gasteiger partial charge in [-0.25, -0.2) is 4.39 Å². The third kappa shape index (κ3) is 3.90. The quantitative estimate of drug-likeness (QED) is 0.794. The molecule has 0 bridgehead atoms. The zero-order valence-electron chi connectivity index (χ0n) is 16.3. The van der Waals surface area contributed by atoms with Gasteiger partial charge in [0.25, 0.3) is 0 Å². The van der Waals surface area contributed by atoms with Gasteiger partial charge in [0.05, 0.1) is 13.0 Å². The van der Waals surface area contributed by atoms with Crippen molar-refractivity contribution in [3.05, 3.63) is 35.6 Å². The van der Waals surface area contributed by atoms with Crippen molar-refractivity contribution >= 4 is 5.91 Å². The van der Waals surface area contributed by atoms with Crippen LogP contribution in [0.4, 0.5) is 4.39 Å². The van der Waals surface area contributed by atoms with Crippen molar-refractivity contribution in [2.45, 2.75) is 44.6 Å². The fourth-order valence-corrected chi connectivity index (χ4v) is 5.24. The first-order valence-electron chi connectivity index (χ1n) is 10.3. The molecule has 27 heavy (non-hydrogen) atoms. The molecule has 3 aliphatic rings.